The number of hydrogen-bond donors (Lipinski definition) is 1. The molecule has 2 aromatic rings. The van der Waals surface area contributed by atoms with Gasteiger partial charge < -0.3 is 15.4 Å². The molecule has 1 aliphatic carbocycles. The van der Waals surface area contributed by atoms with Crippen molar-refractivity contribution < 1.29 is 14.3 Å². The molecule has 4 rings (SSSR count). The largest absolute Gasteiger partial charge is 0.445 e. The highest BCUT2D eigenvalue weighted by Crippen LogP contribution is 2.43. The van der Waals surface area contributed by atoms with E-state index < -0.39 is 11.6 Å². The van der Waals surface area contributed by atoms with E-state index in [4.69, 9.17) is 22.1 Å². The van der Waals surface area contributed by atoms with E-state index in [9.17, 15) is 9.59 Å². The van der Waals surface area contributed by atoms with Gasteiger partial charge in [0.25, 0.3) is 0 Å². The minimum Gasteiger partial charge on any atom is -0.445 e. The van der Waals surface area contributed by atoms with Gasteiger partial charge in [-0.15, -0.1) is 0 Å². The predicted molar refractivity (Wildman–Crippen MR) is 124 cm³/mol. The minimum absolute atomic E-state index is 0.0392. The number of carbonyl (C=O) groups is 2. The van der Waals surface area contributed by atoms with E-state index in [0.29, 0.717) is 18.1 Å². The molecule has 0 atom stereocenters. The highest BCUT2D eigenvalue weighted by atomic mass is 35.5. The van der Waals surface area contributed by atoms with E-state index in [2.05, 4.69) is 6.92 Å². The number of nitrogens with two attached hydrogens (primary N) is 1. The van der Waals surface area contributed by atoms with Crippen molar-refractivity contribution in [1.82, 2.24) is 9.80 Å². The first-order valence-corrected chi connectivity index (χ1v) is 11.5. The summed E-state index contributed by atoms with van der Waals surface area (Å²) in [6.45, 7) is 3.35. The molecule has 1 saturated heterocycles. The van der Waals surface area contributed by atoms with Crippen molar-refractivity contribution in [2.75, 3.05) is 19.6 Å². The molecule has 0 aromatic heterocycles. The van der Waals surface area contributed by atoms with Gasteiger partial charge in [0.05, 0.1) is 0 Å². The lowest BCUT2D eigenvalue weighted by Crippen LogP contribution is -2.62. The van der Waals surface area contributed by atoms with Crippen LogP contribution in [-0.2, 0) is 21.7 Å². The van der Waals surface area contributed by atoms with Crippen LogP contribution < -0.4 is 5.73 Å². The van der Waals surface area contributed by atoms with Crippen molar-refractivity contribution in [3.63, 3.8) is 0 Å². The molecule has 1 saturated carbocycles. The van der Waals surface area contributed by atoms with Crippen LogP contribution in [0.1, 0.15) is 43.7 Å². The predicted octanol–water partition coefficient (Wildman–Crippen LogP) is 4.31. The van der Waals surface area contributed by atoms with Crippen LogP contribution in [0.15, 0.2) is 54.6 Å². The molecule has 2 aromatic carbocycles. The molecule has 1 heterocycles. The Bertz CT molecular complexity index is 973. The summed E-state index contributed by atoms with van der Waals surface area (Å²) < 4.78 is 5.40. The molecule has 6 nitrogen and oxygen atoms in total. The van der Waals surface area contributed by atoms with E-state index in [0.717, 1.165) is 36.8 Å². The molecule has 0 bridgehead atoms. The van der Waals surface area contributed by atoms with Crippen LogP contribution in [0.25, 0.3) is 0 Å². The van der Waals surface area contributed by atoms with Gasteiger partial charge in [-0.05, 0) is 55.9 Å². The molecule has 32 heavy (non-hydrogen) atoms. The Morgan fingerprint density at radius 3 is 2.44 bits per heavy atom. The molecular weight excluding hydrogens is 426 g/mol. The molecule has 0 radical (unpaired) electrons. The maximum atomic E-state index is 13.0. The van der Waals surface area contributed by atoms with Gasteiger partial charge in [-0.3, -0.25) is 9.69 Å². The summed E-state index contributed by atoms with van der Waals surface area (Å²) in [5.74, 6) is -0.0392. The minimum atomic E-state index is -0.447. The number of hydrogen-bond acceptors (Lipinski definition) is 4. The molecule has 2 aliphatic rings. The molecule has 2 fully saturated rings. The Hall–Kier alpha value is -2.57. The maximum absolute atomic E-state index is 13.0. The van der Waals surface area contributed by atoms with Gasteiger partial charge in [-0.25, -0.2) is 4.79 Å². The lowest BCUT2D eigenvalue weighted by molar-refractivity contribution is -0.144. The van der Waals surface area contributed by atoms with Crippen molar-refractivity contribution in [3.8, 4) is 0 Å². The number of benzene rings is 2. The van der Waals surface area contributed by atoms with Gasteiger partial charge in [0.15, 0.2) is 0 Å². The van der Waals surface area contributed by atoms with E-state index in [-0.39, 0.29) is 24.6 Å². The lowest BCUT2D eigenvalue weighted by Gasteiger charge is -2.51. The number of carbonyl (C=O) groups excluding carboxylic acids is 2. The zero-order valence-corrected chi connectivity index (χ0v) is 19.2. The summed E-state index contributed by atoms with van der Waals surface area (Å²) >= 11 is 6.17. The first-order chi connectivity index (χ1) is 15.3. The Morgan fingerprint density at radius 1 is 1.06 bits per heavy atom. The van der Waals surface area contributed by atoms with Gasteiger partial charge in [0, 0.05) is 29.2 Å². The number of amides is 2. The summed E-state index contributed by atoms with van der Waals surface area (Å²) in [4.78, 5) is 28.9. The average molecular weight is 456 g/mol. The number of halogens is 1. The fraction of sp³-hybridized carbons (Fsp3) is 0.440. The summed E-state index contributed by atoms with van der Waals surface area (Å²) in [6, 6.07) is 17.3. The van der Waals surface area contributed by atoms with Gasteiger partial charge >= 0.3 is 6.09 Å². The summed E-state index contributed by atoms with van der Waals surface area (Å²) in [5, 5.41) is 0.686. The molecule has 0 spiro atoms. The van der Waals surface area contributed by atoms with Crippen LogP contribution in [-0.4, -0.2) is 47.0 Å². The molecule has 2 amide bonds. The second kappa shape index (κ2) is 9.12. The Labute approximate surface area is 194 Å². The molecule has 170 valence electrons. The zero-order valence-electron chi connectivity index (χ0n) is 18.4. The number of rotatable bonds is 4. The average Bonchev–Trinajstić information content (AvgIpc) is 2.80. The van der Waals surface area contributed by atoms with Crippen LogP contribution in [0.5, 0.6) is 0 Å². The van der Waals surface area contributed by atoms with Crippen LogP contribution in [0.2, 0.25) is 5.02 Å². The smallest absolute Gasteiger partial charge is 0.410 e. The summed E-state index contributed by atoms with van der Waals surface area (Å²) in [6.07, 6.45) is 2.71. The Morgan fingerprint density at radius 2 is 1.78 bits per heavy atom. The van der Waals surface area contributed by atoms with Crippen LogP contribution >= 0.6 is 11.6 Å². The van der Waals surface area contributed by atoms with Crippen molar-refractivity contribution >= 4 is 23.6 Å². The zero-order chi connectivity index (χ0) is 22.8. The Balaban J connectivity index is 1.33. The first-order valence-electron chi connectivity index (χ1n) is 11.1. The third-order valence-corrected chi connectivity index (χ3v) is 7.19. The second-order valence-electron chi connectivity index (χ2n) is 9.17. The van der Waals surface area contributed by atoms with Gasteiger partial charge in [-0.1, -0.05) is 54.1 Å². The standard InChI is InChI=1S/C25H30ClN3O3/c1-24(10-12-25(27,13-11-24)20-8-5-9-21(26)16-20)29-15-14-28(17-22(29)30)23(31)32-18-19-6-3-2-4-7-19/h2-9,16H,10-15,17-18,27H2,1H3. The maximum Gasteiger partial charge on any atom is 0.410 e. The highest BCUT2D eigenvalue weighted by Gasteiger charge is 2.45. The molecular formula is C25H30ClN3O3. The van der Waals surface area contributed by atoms with Crippen LogP contribution in [0, 0.1) is 0 Å². The number of piperazine rings is 1. The third kappa shape index (κ3) is 4.76. The Kier molecular flexibility index (Phi) is 6.45. The quantitative estimate of drug-likeness (QED) is 0.745. The van der Waals surface area contributed by atoms with E-state index in [1.54, 1.807) is 0 Å². The molecule has 7 heteroatoms. The monoisotopic (exact) mass is 455 g/mol. The fourth-order valence-electron chi connectivity index (χ4n) is 4.80. The van der Waals surface area contributed by atoms with E-state index >= 15 is 0 Å². The van der Waals surface area contributed by atoms with Gasteiger partial charge in [-0.2, -0.15) is 0 Å². The van der Waals surface area contributed by atoms with Crippen LogP contribution in [0.4, 0.5) is 4.79 Å². The molecule has 2 N–H and O–H groups in total. The summed E-state index contributed by atoms with van der Waals surface area (Å²) in [5.41, 5.74) is 8.01. The van der Waals surface area contributed by atoms with E-state index in [1.165, 1.54) is 4.90 Å². The first kappa shape index (κ1) is 22.6. The molecule has 0 unspecified atom stereocenters. The van der Waals surface area contributed by atoms with Crippen LogP contribution in [0.3, 0.4) is 0 Å². The fourth-order valence-corrected chi connectivity index (χ4v) is 4.99. The van der Waals surface area contributed by atoms with Crippen molar-refractivity contribution in [3.05, 3.63) is 70.7 Å². The second-order valence-corrected chi connectivity index (χ2v) is 9.61. The van der Waals surface area contributed by atoms with Crippen molar-refractivity contribution in [2.45, 2.75) is 50.3 Å². The molecule has 1 aliphatic heterocycles. The van der Waals surface area contributed by atoms with Gasteiger partial charge in [0.1, 0.15) is 13.2 Å². The van der Waals surface area contributed by atoms with Crippen molar-refractivity contribution in [2.24, 2.45) is 5.73 Å². The lowest BCUT2D eigenvalue weighted by atomic mass is 9.69. The topological polar surface area (TPSA) is 75.9 Å². The SMILES string of the molecule is CC1(N2CCN(C(=O)OCc3ccccc3)CC2=O)CCC(N)(c2cccc(Cl)c2)CC1. The van der Waals surface area contributed by atoms with Gasteiger partial charge in [0.2, 0.25) is 5.91 Å². The number of ether oxygens (including phenoxy) is 1. The number of nitrogens with zero attached hydrogens (tertiary/aromatic N) is 2. The highest BCUT2D eigenvalue weighted by molar-refractivity contribution is 6.30. The van der Waals surface area contributed by atoms with Crippen molar-refractivity contribution in [1.29, 1.82) is 0 Å². The summed E-state index contributed by atoms with van der Waals surface area (Å²) in [7, 11) is 0. The third-order valence-electron chi connectivity index (χ3n) is 6.95. The normalized spacial score (nSPS) is 26.2. The van der Waals surface area contributed by atoms with E-state index in [1.807, 2.05) is 59.5 Å².